The molecule has 6 N–H and O–H groups in total. The van der Waals surface area contributed by atoms with E-state index in [1.54, 1.807) is 0 Å². The van der Waals surface area contributed by atoms with Gasteiger partial charge < -0.3 is 31.1 Å². The topological polar surface area (TPSA) is 189 Å². The van der Waals surface area contributed by atoms with Gasteiger partial charge in [-0.3, -0.25) is 29.6 Å². The molecular weight excluding hydrogens is 973 g/mol. The lowest BCUT2D eigenvalue weighted by atomic mass is 9.82. The SMILES string of the molecule is CCC(O)(CC)c1cc(N=C(C)c2cc(NC(C)=O)cc3c(C(C)=NCCN=C(C)c4cccc5c(C(C)=Nc6cc(C(O)(CC)CC)cc(C(O)(CC)CC)c6)cc(NC(C)=O)cc45)cccc23)cc(C(O)(CC)CC)c1. The molecule has 12 heteroatoms. The van der Waals surface area contributed by atoms with Gasteiger partial charge in [-0.1, -0.05) is 91.8 Å². The third-order valence-electron chi connectivity index (χ3n) is 16.2. The van der Waals surface area contributed by atoms with Crippen LogP contribution in [-0.2, 0) is 32.0 Å². The molecule has 0 heterocycles. The van der Waals surface area contributed by atoms with Crippen molar-refractivity contribution in [3.63, 3.8) is 0 Å². The van der Waals surface area contributed by atoms with Gasteiger partial charge in [0.05, 0.1) is 46.9 Å². The highest BCUT2D eigenvalue weighted by Gasteiger charge is 2.33. The molecule has 414 valence electrons. The van der Waals surface area contributed by atoms with Crippen LogP contribution in [0, 0.1) is 0 Å². The largest absolute Gasteiger partial charge is 0.385 e. The minimum atomic E-state index is -1.09. The average Bonchev–Trinajstić information content (AvgIpc) is 3.46. The summed E-state index contributed by atoms with van der Waals surface area (Å²) >= 11 is 0. The maximum Gasteiger partial charge on any atom is 0.221 e. The molecule has 6 aromatic carbocycles. The number of nitrogens with one attached hydrogen (secondary N) is 2. The van der Waals surface area contributed by atoms with Crippen LogP contribution in [0.2, 0.25) is 0 Å². The van der Waals surface area contributed by atoms with Crippen LogP contribution in [0.1, 0.15) is 193 Å². The summed E-state index contributed by atoms with van der Waals surface area (Å²) in [4.78, 5) is 45.5. The van der Waals surface area contributed by atoms with Gasteiger partial charge in [0.2, 0.25) is 11.8 Å². The van der Waals surface area contributed by atoms with Gasteiger partial charge in [-0.05, 0) is 184 Å². The fraction of sp³-hybridized carbons (Fsp3) is 0.424. The van der Waals surface area contributed by atoms with Gasteiger partial charge in [-0.25, -0.2) is 0 Å². The zero-order valence-corrected chi connectivity index (χ0v) is 48.7. The molecule has 0 radical (unpaired) electrons. The number of hydrogen-bond donors (Lipinski definition) is 6. The number of nitrogens with zero attached hydrogens (tertiary/aromatic N) is 4. The Morgan fingerprint density at radius 1 is 0.385 bits per heavy atom. The molecule has 0 aliphatic rings. The first-order chi connectivity index (χ1) is 37.0. The monoisotopic (exact) mass is 1060 g/mol. The zero-order chi connectivity index (χ0) is 57.3. The number of carbonyl (C=O) groups excluding carboxylic acids is 2. The highest BCUT2D eigenvalue weighted by molar-refractivity contribution is 6.19. The van der Waals surface area contributed by atoms with E-state index < -0.39 is 22.4 Å². The van der Waals surface area contributed by atoms with Gasteiger partial charge >= 0.3 is 0 Å². The molecule has 0 fully saturated rings. The summed E-state index contributed by atoms with van der Waals surface area (Å²) in [5, 5.41) is 56.4. The standard InChI is InChI=1S/C66H84N6O6/c1-15-63(75,16-2)47-31-48(64(76,17-3)18-4)34-51(33-47)69-43(11)59-37-53(71-45(13)73)39-61-55(25-23-27-57(59)61)41(9)67-29-30-68-42(10)56-26-24-28-58-60(38-54(40-62(56)58)72-46(14)74)44(12)70-52-35-49(65(77,19-5)20-6)32-50(36-52)66(78,21-7)22-8/h23-28,31-40,75-78H,15-22,29-30H2,1-14H3,(H,71,73)(H,72,74). The van der Waals surface area contributed by atoms with Crippen LogP contribution in [0.15, 0.2) is 117 Å². The predicted molar refractivity (Wildman–Crippen MR) is 325 cm³/mol. The number of rotatable bonds is 23. The van der Waals surface area contributed by atoms with E-state index in [9.17, 15) is 30.0 Å². The number of aliphatic hydroxyl groups is 4. The minimum absolute atomic E-state index is 0.205. The normalized spacial score (nSPS) is 13.4. The molecule has 12 nitrogen and oxygen atoms in total. The van der Waals surface area contributed by atoms with Crippen LogP contribution in [0.25, 0.3) is 21.5 Å². The van der Waals surface area contributed by atoms with Crippen LogP contribution in [0.3, 0.4) is 0 Å². The maximum absolute atomic E-state index is 12.5. The second kappa shape index (κ2) is 25.4. The number of benzene rings is 6. The third kappa shape index (κ3) is 13.2. The molecule has 6 aromatic rings. The molecule has 0 aromatic heterocycles. The molecule has 0 bridgehead atoms. The van der Waals surface area contributed by atoms with E-state index in [0.29, 0.717) is 121 Å². The third-order valence-corrected chi connectivity index (χ3v) is 16.2. The van der Waals surface area contributed by atoms with Crippen molar-refractivity contribution >= 4 is 79.0 Å². The smallest absolute Gasteiger partial charge is 0.221 e. The summed E-state index contributed by atoms with van der Waals surface area (Å²) in [7, 11) is 0. The van der Waals surface area contributed by atoms with Crippen LogP contribution in [-0.4, -0.2) is 68.2 Å². The van der Waals surface area contributed by atoms with E-state index >= 15 is 0 Å². The molecule has 0 spiro atoms. The van der Waals surface area contributed by atoms with Gasteiger partial charge in [0, 0.05) is 70.3 Å². The second-order valence-corrected chi connectivity index (χ2v) is 21.0. The first-order valence-electron chi connectivity index (χ1n) is 28.0. The molecule has 6 rings (SSSR count). The van der Waals surface area contributed by atoms with E-state index in [0.717, 1.165) is 55.2 Å². The van der Waals surface area contributed by atoms with Crippen molar-refractivity contribution in [2.24, 2.45) is 20.0 Å². The lowest BCUT2D eigenvalue weighted by Crippen LogP contribution is -2.27. The molecule has 0 aliphatic carbocycles. The Hall–Kier alpha value is -6.70. The Labute approximate surface area is 463 Å². The Morgan fingerprint density at radius 3 is 0.949 bits per heavy atom. The van der Waals surface area contributed by atoms with Gasteiger partial charge in [0.1, 0.15) is 0 Å². The average molecular weight is 1060 g/mol. The fourth-order valence-electron chi connectivity index (χ4n) is 10.7. The van der Waals surface area contributed by atoms with E-state index in [1.807, 2.05) is 180 Å². The summed E-state index contributed by atoms with van der Waals surface area (Å²) in [5.41, 5.74) is 7.41. The lowest BCUT2D eigenvalue weighted by molar-refractivity contribution is -0.115. The van der Waals surface area contributed by atoms with Gasteiger partial charge in [-0.15, -0.1) is 0 Å². The molecule has 0 atom stereocenters. The summed E-state index contributed by atoms with van der Waals surface area (Å²) < 4.78 is 0. The first kappa shape index (κ1) is 60.5. The van der Waals surface area contributed by atoms with Gasteiger partial charge in [0.15, 0.2) is 0 Å². The van der Waals surface area contributed by atoms with Crippen molar-refractivity contribution in [1.82, 2.24) is 0 Å². The van der Waals surface area contributed by atoms with Crippen molar-refractivity contribution in [3.8, 4) is 0 Å². The predicted octanol–water partition coefficient (Wildman–Crippen LogP) is 14.5. The van der Waals surface area contributed by atoms with Crippen LogP contribution >= 0.6 is 0 Å². The molecule has 0 aliphatic heterocycles. The quantitative estimate of drug-likeness (QED) is 0.0273. The van der Waals surface area contributed by atoms with Crippen LogP contribution in [0.4, 0.5) is 22.7 Å². The Balaban J connectivity index is 1.37. The highest BCUT2D eigenvalue weighted by atomic mass is 16.3. The Bertz CT molecular complexity index is 3010. The molecule has 0 saturated heterocycles. The van der Waals surface area contributed by atoms with Gasteiger partial charge in [0.25, 0.3) is 0 Å². The molecule has 0 unspecified atom stereocenters. The van der Waals surface area contributed by atoms with E-state index in [4.69, 9.17) is 20.0 Å². The van der Waals surface area contributed by atoms with Crippen molar-refractivity contribution < 1.29 is 30.0 Å². The Kier molecular flexibility index (Phi) is 19.7. The zero-order valence-electron chi connectivity index (χ0n) is 48.7. The minimum Gasteiger partial charge on any atom is -0.385 e. The summed E-state index contributed by atoms with van der Waals surface area (Å²) in [5.74, 6) is -0.409. The maximum atomic E-state index is 12.5. The number of anilines is 2. The number of carbonyl (C=O) groups is 2. The molecule has 78 heavy (non-hydrogen) atoms. The summed E-state index contributed by atoms with van der Waals surface area (Å²) in [6.45, 7) is 27.3. The highest BCUT2D eigenvalue weighted by Crippen LogP contribution is 2.41. The second-order valence-electron chi connectivity index (χ2n) is 21.0. The van der Waals surface area contributed by atoms with Crippen LogP contribution in [0.5, 0.6) is 0 Å². The fourth-order valence-corrected chi connectivity index (χ4v) is 10.7. The number of hydrogen-bond acceptors (Lipinski definition) is 10. The van der Waals surface area contributed by atoms with Gasteiger partial charge in [-0.2, -0.15) is 0 Å². The van der Waals surface area contributed by atoms with Crippen molar-refractivity contribution in [1.29, 1.82) is 0 Å². The van der Waals surface area contributed by atoms with E-state index in [1.165, 1.54) is 13.8 Å². The number of amides is 2. The molecule has 2 amide bonds. The molecular formula is C66H84N6O6. The summed E-state index contributed by atoms with van der Waals surface area (Å²) in [6, 6.07) is 31.4. The van der Waals surface area contributed by atoms with E-state index in [-0.39, 0.29) is 11.8 Å². The first-order valence-corrected chi connectivity index (χ1v) is 28.0. The van der Waals surface area contributed by atoms with E-state index in [2.05, 4.69) is 10.6 Å². The summed E-state index contributed by atoms with van der Waals surface area (Å²) in [6.07, 6.45) is 4.04. The Morgan fingerprint density at radius 2 is 0.679 bits per heavy atom. The number of aliphatic imine (C=N–C) groups is 4. The molecule has 0 saturated carbocycles. The number of fused-ring (bicyclic) bond motifs is 2. The van der Waals surface area contributed by atoms with Crippen molar-refractivity contribution in [2.45, 2.75) is 171 Å². The lowest BCUT2D eigenvalue weighted by Gasteiger charge is -2.31. The van der Waals surface area contributed by atoms with Crippen molar-refractivity contribution in [2.75, 3.05) is 23.7 Å². The van der Waals surface area contributed by atoms with Crippen LogP contribution < -0.4 is 10.6 Å². The van der Waals surface area contributed by atoms with Crippen molar-refractivity contribution in [3.05, 3.63) is 142 Å².